The fraction of sp³-hybridized carbons (Fsp3) is 0.645. The average molecular weight is 445 g/mol. The summed E-state index contributed by atoms with van der Waals surface area (Å²) in [5, 5.41) is 9.27. The van der Waals surface area contributed by atoms with E-state index in [0.29, 0.717) is 22.3 Å². The normalized spacial score (nSPS) is 44.0. The number of aromatic carboxylic acids is 1. The molecule has 176 valence electrons. The SMILES string of the molecule is CC1C(c2ccc(C(=O)O)cc2)=CC[C@@]2(C)C1CC[C@@]1(C)C3CC=C4CCC[C@@H]4[C@H]3CCC21. The summed E-state index contributed by atoms with van der Waals surface area (Å²) in [5.74, 6) is 4.01. The number of benzene rings is 1. The second-order valence-electron chi connectivity index (χ2n) is 12.6. The van der Waals surface area contributed by atoms with Gasteiger partial charge in [0.25, 0.3) is 0 Å². The van der Waals surface area contributed by atoms with Gasteiger partial charge in [-0.15, -0.1) is 0 Å². The fourth-order valence-electron chi connectivity index (χ4n) is 10.0. The highest BCUT2D eigenvalue weighted by Gasteiger charge is 2.61. The molecule has 0 aromatic heterocycles. The Morgan fingerprint density at radius 2 is 1.76 bits per heavy atom. The molecule has 0 saturated heterocycles. The number of carboxylic acid groups (broad SMARTS) is 1. The van der Waals surface area contributed by atoms with E-state index in [1.165, 1.54) is 68.9 Å². The molecule has 3 saturated carbocycles. The zero-order valence-corrected chi connectivity index (χ0v) is 20.6. The number of hydrogen-bond acceptors (Lipinski definition) is 1. The lowest BCUT2D eigenvalue weighted by Crippen LogP contribution is -2.58. The van der Waals surface area contributed by atoms with Crippen molar-refractivity contribution in [1.82, 2.24) is 0 Å². The predicted molar refractivity (Wildman–Crippen MR) is 134 cm³/mol. The topological polar surface area (TPSA) is 37.3 Å². The third-order valence-corrected chi connectivity index (χ3v) is 11.5. The summed E-state index contributed by atoms with van der Waals surface area (Å²) in [6, 6.07) is 7.60. The Bertz CT molecular complexity index is 1020. The molecule has 1 aromatic carbocycles. The highest BCUT2D eigenvalue weighted by molar-refractivity contribution is 5.88. The largest absolute Gasteiger partial charge is 0.478 e. The Balaban J connectivity index is 1.30. The number of allylic oxidation sites excluding steroid dienone is 4. The van der Waals surface area contributed by atoms with Crippen molar-refractivity contribution in [3.8, 4) is 0 Å². The van der Waals surface area contributed by atoms with Crippen LogP contribution in [0.3, 0.4) is 0 Å². The van der Waals surface area contributed by atoms with E-state index in [1.807, 2.05) is 17.7 Å². The van der Waals surface area contributed by atoms with Gasteiger partial charge in [0.15, 0.2) is 0 Å². The zero-order chi connectivity index (χ0) is 23.0. The molecule has 0 aliphatic heterocycles. The molecule has 6 rings (SSSR count). The van der Waals surface area contributed by atoms with Crippen LogP contribution in [0.15, 0.2) is 42.0 Å². The Labute approximate surface area is 199 Å². The lowest BCUT2D eigenvalue weighted by molar-refractivity contribution is -0.145. The smallest absolute Gasteiger partial charge is 0.335 e. The average Bonchev–Trinajstić information content (AvgIpc) is 3.28. The highest BCUT2D eigenvalue weighted by Crippen LogP contribution is 2.69. The summed E-state index contributed by atoms with van der Waals surface area (Å²) >= 11 is 0. The summed E-state index contributed by atoms with van der Waals surface area (Å²) in [6.07, 6.45) is 17.6. The van der Waals surface area contributed by atoms with Crippen molar-refractivity contribution in [3.05, 3.63) is 53.1 Å². The third-order valence-electron chi connectivity index (χ3n) is 11.5. The zero-order valence-electron chi connectivity index (χ0n) is 20.6. The van der Waals surface area contributed by atoms with Gasteiger partial charge < -0.3 is 5.11 Å². The molecule has 1 aromatic rings. The van der Waals surface area contributed by atoms with E-state index in [1.54, 1.807) is 12.1 Å². The molecular weight excluding hydrogens is 404 g/mol. The first kappa shape index (κ1) is 21.7. The molecule has 0 bridgehead atoms. The van der Waals surface area contributed by atoms with Crippen LogP contribution in [-0.2, 0) is 0 Å². The summed E-state index contributed by atoms with van der Waals surface area (Å²) < 4.78 is 0. The number of fused-ring (bicyclic) bond motifs is 7. The lowest BCUT2D eigenvalue weighted by Gasteiger charge is -2.65. The number of carbonyl (C=O) groups is 1. The van der Waals surface area contributed by atoms with Gasteiger partial charge in [-0.1, -0.05) is 50.6 Å². The molecule has 0 radical (unpaired) electrons. The van der Waals surface area contributed by atoms with Gasteiger partial charge in [-0.05, 0) is 127 Å². The number of rotatable bonds is 2. The molecule has 5 aliphatic carbocycles. The first-order valence-electron chi connectivity index (χ1n) is 13.6. The highest BCUT2D eigenvalue weighted by atomic mass is 16.4. The Hall–Kier alpha value is -1.83. The quantitative estimate of drug-likeness (QED) is 0.469. The van der Waals surface area contributed by atoms with E-state index >= 15 is 0 Å². The van der Waals surface area contributed by atoms with E-state index in [4.69, 9.17) is 0 Å². The fourth-order valence-corrected chi connectivity index (χ4v) is 10.0. The first-order valence-corrected chi connectivity index (χ1v) is 13.6. The maximum Gasteiger partial charge on any atom is 0.335 e. The van der Waals surface area contributed by atoms with Crippen molar-refractivity contribution in [2.24, 2.45) is 46.3 Å². The van der Waals surface area contributed by atoms with Gasteiger partial charge in [0, 0.05) is 0 Å². The van der Waals surface area contributed by atoms with E-state index < -0.39 is 5.97 Å². The molecule has 2 heteroatoms. The number of carboxylic acids is 1. The van der Waals surface area contributed by atoms with Gasteiger partial charge in [-0.3, -0.25) is 0 Å². The Morgan fingerprint density at radius 3 is 2.52 bits per heavy atom. The van der Waals surface area contributed by atoms with Crippen molar-refractivity contribution in [3.63, 3.8) is 0 Å². The molecular formula is C31H40O2. The molecule has 3 fully saturated rings. The van der Waals surface area contributed by atoms with Crippen LogP contribution in [0.25, 0.3) is 5.57 Å². The van der Waals surface area contributed by atoms with Crippen molar-refractivity contribution in [1.29, 1.82) is 0 Å². The Kier molecular flexibility index (Phi) is 4.99. The van der Waals surface area contributed by atoms with Crippen LogP contribution in [0, 0.1) is 46.3 Å². The van der Waals surface area contributed by atoms with Crippen LogP contribution in [0.2, 0.25) is 0 Å². The van der Waals surface area contributed by atoms with Crippen LogP contribution < -0.4 is 0 Å². The summed E-state index contributed by atoms with van der Waals surface area (Å²) in [4.78, 5) is 11.3. The van der Waals surface area contributed by atoms with Crippen LogP contribution in [-0.4, -0.2) is 11.1 Å². The molecule has 5 aliphatic rings. The maximum absolute atomic E-state index is 11.3. The molecule has 33 heavy (non-hydrogen) atoms. The van der Waals surface area contributed by atoms with Gasteiger partial charge in [-0.25, -0.2) is 4.79 Å². The minimum Gasteiger partial charge on any atom is -0.478 e. The van der Waals surface area contributed by atoms with Gasteiger partial charge in [0.05, 0.1) is 5.56 Å². The summed E-state index contributed by atoms with van der Waals surface area (Å²) in [7, 11) is 0. The van der Waals surface area contributed by atoms with Gasteiger partial charge in [0.1, 0.15) is 0 Å². The molecule has 8 atom stereocenters. The molecule has 0 spiro atoms. The minimum absolute atomic E-state index is 0.379. The van der Waals surface area contributed by atoms with Gasteiger partial charge in [-0.2, -0.15) is 0 Å². The Morgan fingerprint density at radius 1 is 0.970 bits per heavy atom. The van der Waals surface area contributed by atoms with Crippen LogP contribution >= 0.6 is 0 Å². The van der Waals surface area contributed by atoms with E-state index in [9.17, 15) is 9.90 Å². The van der Waals surface area contributed by atoms with Gasteiger partial charge in [0.2, 0.25) is 0 Å². The van der Waals surface area contributed by atoms with E-state index in [2.05, 4.69) is 32.9 Å². The first-order chi connectivity index (χ1) is 15.8. The van der Waals surface area contributed by atoms with Crippen LogP contribution in [0.5, 0.6) is 0 Å². The molecule has 0 heterocycles. The summed E-state index contributed by atoms with van der Waals surface area (Å²) in [5.41, 5.74) is 5.76. The summed E-state index contributed by atoms with van der Waals surface area (Å²) in [6.45, 7) is 7.77. The lowest BCUT2D eigenvalue weighted by atomic mass is 9.39. The monoisotopic (exact) mass is 444 g/mol. The maximum atomic E-state index is 11.3. The molecule has 4 unspecified atom stereocenters. The predicted octanol–water partition coefficient (Wildman–Crippen LogP) is 8.00. The number of hydrogen-bond donors (Lipinski definition) is 1. The molecule has 0 amide bonds. The second-order valence-corrected chi connectivity index (χ2v) is 12.6. The van der Waals surface area contributed by atoms with Crippen molar-refractivity contribution in [2.45, 2.75) is 78.6 Å². The second kappa shape index (κ2) is 7.59. The van der Waals surface area contributed by atoms with Crippen molar-refractivity contribution >= 4 is 11.5 Å². The van der Waals surface area contributed by atoms with E-state index in [0.717, 1.165) is 29.6 Å². The molecule has 2 nitrogen and oxygen atoms in total. The van der Waals surface area contributed by atoms with Crippen LogP contribution in [0.1, 0.15) is 94.5 Å². The van der Waals surface area contributed by atoms with E-state index in [-0.39, 0.29) is 0 Å². The van der Waals surface area contributed by atoms with Gasteiger partial charge >= 0.3 is 5.97 Å². The van der Waals surface area contributed by atoms with Crippen molar-refractivity contribution in [2.75, 3.05) is 0 Å². The standard InChI is InChI=1S/C31H40O2/c1-19-23(21-7-9-22(10-8-21)29(32)33)15-17-30(2)26(19)16-18-31(3)27-13-11-20-5-4-6-24(20)25(27)12-14-28(30)31/h7-11,15,19,24-28H,4-6,12-14,16-18H2,1-3H3,(H,32,33)/t19?,24-,25+,26?,27?,28?,30-,31-/m0/s1. The minimum atomic E-state index is -0.843. The van der Waals surface area contributed by atoms with Crippen molar-refractivity contribution < 1.29 is 9.90 Å². The van der Waals surface area contributed by atoms with Crippen LogP contribution in [0.4, 0.5) is 0 Å². The molecule has 1 N–H and O–H groups in total. The third kappa shape index (κ3) is 3.08.